The van der Waals surface area contributed by atoms with Gasteiger partial charge in [0.15, 0.2) is 0 Å². The second kappa shape index (κ2) is 11.4. The first-order valence-electron chi connectivity index (χ1n) is 12.6. The van der Waals surface area contributed by atoms with E-state index in [1.165, 1.54) is 22.3 Å². The second-order valence-electron chi connectivity index (χ2n) is 9.45. The van der Waals surface area contributed by atoms with Gasteiger partial charge in [-0.3, -0.25) is 9.59 Å². The maximum Gasteiger partial charge on any atom is 0.407 e. The van der Waals surface area contributed by atoms with Crippen LogP contribution in [-0.4, -0.2) is 53.7 Å². The summed E-state index contributed by atoms with van der Waals surface area (Å²) < 4.78 is 5.68. The predicted octanol–water partition coefficient (Wildman–Crippen LogP) is 4.80. The number of fused-ring (bicyclic) bond motifs is 3. The lowest BCUT2D eigenvalue weighted by molar-refractivity contribution is -0.139. The zero-order valence-corrected chi connectivity index (χ0v) is 20.2. The van der Waals surface area contributed by atoms with Crippen LogP contribution in [0.25, 0.3) is 11.1 Å². The van der Waals surface area contributed by atoms with Crippen molar-refractivity contribution in [1.29, 1.82) is 0 Å². The van der Waals surface area contributed by atoms with Gasteiger partial charge in [-0.1, -0.05) is 55.0 Å². The van der Waals surface area contributed by atoms with Crippen LogP contribution in [-0.2, 0) is 14.3 Å². The molecule has 7 nitrogen and oxygen atoms in total. The van der Waals surface area contributed by atoms with E-state index in [0.717, 1.165) is 19.3 Å². The molecule has 1 fully saturated rings. The molecule has 0 aromatic heterocycles. The number of aliphatic carboxylic acids is 1. The van der Waals surface area contributed by atoms with Crippen molar-refractivity contribution in [2.24, 2.45) is 5.92 Å². The highest BCUT2D eigenvalue weighted by Crippen LogP contribution is 2.44. The fourth-order valence-electron chi connectivity index (χ4n) is 5.46. The lowest BCUT2D eigenvalue weighted by Gasteiger charge is -2.32. The second-order valence-corrected chi connectivity index (χ2v) is 9.45. The van der Waals surface area contributed by atoms with Gasteiger partial charge in [-0.2, -0.15) is 0 Å². The highest BCUT2D eigenvalue weighted by atomic mass is 16.5. The first-order valence-corrected chi connectivity index (χ1v) is 12.6. The lowest BCUT2D eigenvalue weighted by atomic mass is 9.84. The molecule has 1 saturated carbocycles. The molecule has 2 N–H and O–H groups in total. The lowest BCUT2D eigenvalue weighted by Crippen LogP contribution is -2.44. The Labute approximate surface area is 206 Å². The molecular weight excluding hydrogens is 444 g/mol. The zero-order chi connectivity index (χ0) is 24.8. The summed E-state index contributed by atoms with van der Waals surface area (Å²) in [6.45, 7) is 3.18. The first kappa shape index (κ1) is 24.8. The third-order valence-corrected chi connectivity index (χ3v) is 7.20. The number of amides is 2. The van der Waals surface area contributed by atoms with Crippen LogP contribution in [0.15, 0.2) is 48.5 Å². The van der Waals surface area contributed by atoms with Crippen LogP contribution in [0.2, 0.25) is 0 Å². The molecule has 2 amide bonds. The smallest absolute Gasteiger partial charge is 0.407 e. The van der Waals surface area contributed by atoms with Gasteiger partial charge < -0.3 is 20.1 Å². The standard InChI is InChI=1S/C28H34N2O5/c1-2-30(16-8-15-26(31)32)27(33)19-9-7-10-20(17-19)29-28(34)35-18-25-23-13-5-3-11-21(23)22-12-4-6-14-24(22)25/h3-6,11-14,19-20,25H,2,7-10,15-18H2,1H3,(H,29,34)(H,31,32)/t19-,20-/m1/s1. The van der Waals surface area contributed by atoms with E-state index in [9.17, 15) is 14.4 Å². The van der Waals surface area contributed by atoms with Crippen LogP contribution in [0.3, 0.4) is 0 Å². The molecule has 7 heteroatoms. The summed E-state index contributed by atoms with van der Waals surface area (Å²) in [5.74, 6) is -0.944. The van der Waals surface area contributed by atoms with Crippen LogP contribution >= 0.6 is 0 Å². The molecule has 2 aromatic carbocycles. The number of nitrogens with one attached hydrogen (secondary N) is 1. The number of benzene rings is 2. The third-order valence-electron chi connectivity index (χ3n) is 7.20. The third kappa shape index (κ3) is 5.84. The SMILES string of the molecule is CCN(CCCC(=O)O)C(=O)[C@@H]1CCC[C@@H](NC(=O)OCC2c3ccccc3-c3ccccc32)C1. The van der Waals surface area contributed by atoms with E-state index < -0.39 is 12.1 Å². The monoisotopic (exact) mass is 478 g/mol. The summed E-state index contributed by atoms with van der Waals surface area (Å²) in [7, 11) is 0. The molecule has 0 saturated heterocycles. The molecule has 0 aliphatic heterocycles. The summed E-state index contributed by atoms with van der Waals surface area (Å²) in [4.78, 5) is 38.2. The molecule has 186 valence electrons. The van der Waals surface area contributed by atoms with Crippen LogP contribution in [0, 0.1) is 5.92 Å². The average molecular weight is 479 g/mol. The molecule has 0 spiro atoms. The number of alkyl carbamates (subject to hydrolysis) is 1. The van der Waals surface area contributed by atoms with Gasteiger partial charge in [0, 0.05) is 37.4 Å². The molecule has 0 bridgehead atoms. The fourth-order valence-corrected chi connectivity index (χ4v) is 5.46. The topological polar surface area (TPSA) is 95.9 Å². The van der Waals surface area contributed by atoms with E-state index in [-0.39, 0.29) is 36.8 Å². The van der Waals surface area contributed by atoms with Crippen molar-refractivity contribution in [1.82, 2.24) is 10.2 Å². The summed E-state index contributed by atoms with van der Waals surface area (Å²) in [6.07, 6.45) is 3.11. The Morgan fingerprint density at radius 2 is 1.69 bits per heavy atom. The van der Waals surface area contributed by atoms with Crippen LogP contribution in [0.4, 0.5) is 4.79 Å². The van der Waals surface area contributed by atoms with Gasteiger partial charge in [0.2, 0.25) is 5.91 Å². The number of rotatable bonds is 9. The van der Waals surface area contributed by atoms with Gasteiger partial charge in [0.1, 0.15) is 6.61 Å². The summed E-state index contributed by atoms with van der Waals surface area (Å²) in [5.41, 5.74) is 4.73. The number of ether oxygens (including phenoxy) is 1. The van der Waals surface area contributed by atoms with E-state index >= 15 is 0 Å². The van der Waals surface area contributed by atoms with Crippen molar-refractivity contribution in [2.75, 3.05) is 19.7 Å². The predicted molar refractivity (Wildman–Crippen MR) is 133 cm³/mol. The quantitative estimate of drug-likeness (QED) is 0.540. The summed E-state index contributed by atoms with van der Waals surface area (Å²) in [6, 6.07) is 16.4. The van der Waals surface area contributed by atoms with Crippen molar-refractivity contribution in [3.63, 3.8) is 0 Å². The Kier molecular flexibility index (Phi) is 8.06. The average Bonchev–Trinajstić information content (AvgIpc) is 3.19. The van der Waals surface area contributed by atoms with E-state index in [4.69, 9.17) is 9.84 Å². The Morgan fingerprint density at radius 1 is 1.03 bits per heavy atom. The van der Waals surface area contributed by atoms with Crippen molar-refractivity contribution in [3.05, 3.63) is 59.7 Å². The van der Waals surface area contributed by atoms with Gasteiger partial charge in [0.05, 0.1) is 0 Å². The number of carbonyl (C=O) groups is 3. The van der Waals surface area contributed by atoms with Crippen molar-refractivity contribution in [3.8, 4) is 11.1 Å². The van der Waals surface area contributed by atoms with E-state index in [0.29, 0.717) is 25.9 Å². The van der Waals surface area contributed by atoms with Gasteiger partial charge in [-0.25, -0.2) is 4.79 Å². The van der Waals surface area contributed by atoms with E-state index in [2.05, 4.69) is 29.6 Å². The van der Waals surface area contributed by atoms with Crippen LogP contribution < -0.4 is 5.32 Å². The Morgan fingerprint density at radius 3 is 2.31 bits per heavy atom. The number of carboxylic acid groups (broad SMARTS) is 1. The van der Waals surface area contributed by atoms with E-state index in [1.54, 1.807) is 4.90 Å². The normalized spacial score (nSPS) is 18.9. The molecule has 2 aliphatic carbocycles. The van der Waals surface area contributed by atoms with Crippen molar-refractivity contribution < 1.29 is 24.2 Å². The van der Waals surface area contributed by atoms with Gasteiger partial charge in [-0.05, 0) is 54.9 Å². The highest BCUT2D eigenvalue weighted by molar-refractivity contribution is 5.80. The number of hydrogen-bond acceptors (Lipinski definition) is 4. The minimum atomic E-state index is -0.849. The van der Waals surface area contributed by atoms with Crippen molar-refractivity contribution in [2.45, 2.75) is 57.4 Å². The summed E-state index contributed by atoms with van der Waals surface area (Å²) in [5, 5.41) is 11.8. The molecule has 35 heavy (non-hydrogen) atoms. The minimum absolute atomic E-state index is 0.0118. The Balaban J connectivity index is 1.30. The highest BCUT2D eigenvalue weighted by Gasteiger charge is 2.32. The number of carboxylic acids is 1. The Hall–Kier alpha value is -3.35. The van der Waals surface area contributed by atoms with Crippen LogP contribution in [0.5, 0.6) is 0 Å². The molecule has 2 aromatic rings. The Bertz CT molecular complexity index is 1020. The van der Waals surface area contributed by atoms with Gasteiger partial charge in [-0.15, -0.1) is 0 Å². The first-order chi connectivity index (χ1) is 17.0. The maximum absolute atomic E-state index is 13.0. The van der Waals surface area contributed by atoms with E-state index in [1.807, 2.05) is 31.2 Å². The number of hydrogen-bond donors (Lipinski definition) is 2. The fraction of sp³-hybridized carbons (Fsp3) is 0.464. The van der Waals surface area contributed by atoms with Crippen LogP contribution in [0.1, 0.15) is 62.5 Å². The molecular formula is C28H34N2O5. The zero-order valence-electron chi connectivity index (χ0n) is 20.2. The molecule has 2 atom stereocenters. The van der Waals surface area contributed by atoms with Gasteiger partial charge >= 0.3 is 12.1 Å². The number of nitrogens with zero attached hydrogens (tertiary/aromatic N) is 1. The maximum atomic E-state index is 13.0. The largest absolute Gasteiger partial charge is 0.481 e. The molecule has 4 rings (SSSR count). The molecule has 2 aliphatic rings. The molecule has 0 unspecified atom stereocenters. The van der Waals surface area contributed by atoms with Crippen molar-refractivity contribution >= 4 is 18.0 Å². The number of carbonyl (C=O) groups excluding carboxylic acids is 2. The summed E-state index contributed by atoms with van der Waals surface area (Å²) >= 11 is 0. The molecule has 0 radical (unpaired) electrons. The molecule has 0 heterocycles. The minimum Gasteiger partial charge on any atom is -0.481 e. The van der Waals surface area contributed by atoms with Gasteiger partial charge in [0.25, 0.3) is 0 Å².